The number of para-hydroxylation sites is 2. The number of nitrogens with one attached hydrogen (secondary N) is 1. The Kier molecular flexibility index (Phi) is 8.25. The Hall–Kier alpha value is -3.73. The van der Waals surface area contributed by atoms with Gasteiger partial charge in [-0.15, -0.1) is 0 Å². The van der Waals surface area contributed by atoms with Gasteiger partial charge in [-0.2, -0.15) is 0 Å². The third-order valence-electron chi connectivity index (χ3n) is 7.07. The molecule has 5 rings (SSSR count). The molecule has 39 heavy (non-hydrogen) atoms. The first-order chi connectivity index (χ1) is 19.0. The molecule has 1 aliphatic heterocycles. The lowest BCUT2D eigenvalue weighted by atomic mass is 9.78. The normalized spacial score (nSPS) is 19.1. The Morgan fingerprint density at radius 2 is 1.33 bits per heavy atom. The molecular formula is C33H30Cl2N2O2. The molecule has 0 radical (unpaired) electrons. The highest BCUT2D eigenvalue weighted by molar-refractivity contribution is 6.30. The summed E-state index contributed by atoms with van der Waals surface area (Å²) in [5.41, 5.74) is 5.31. The smallest absolute Gasteiger partial charge is 0.338 e. The van der Waals surface area contributed by atoms with Crippen LogP contribution in [0.1, 0.15) is 37.1 Å². The molecule has 0 spiro atoms. The Morgan fingerprint density at radius 3 is 1.90 bits per heavy atom. The van der Waals surface area contributed by atoms with Crippen molar-refractivity contribution in [1.29, 1.82) is 0 Å². The number of nitrogens with zero attached hydrogens (tertiary/aromatic N) is 1. The summed E-state index contributed by atoms with van der Waals surface area (Å²) in [6.07, 6.45) is 0. The van der Waals surface area contributed by atoms with Gasteiger partial charge in [-0.3, -0.25) is 0 Å². The van der Waals surface area contributed by atoms with Crippen LogP contribution in [0.4, 0.5) is 11.4 Å². The highest BCUT2D eigenvalue weighted by atomic mass is 35.5. The van der Waals surface area contributed by atoms with Crippen LogP contribution in [-0.4, -0.2) is 12.6 Å². The Balaban J connectivity index is 1.81. The molecule has 4 nitrogen and oxygen atoms in total. The molecule has 1 heterocycles. The molecule has 1 aliphatic rings. The van der Waals surface area contributed by atoms with Crippen LogP contribution >= 0.6 is 23.2 Å². The lowest BCUT2D eigenvalue weighted by molar-refractivity contribution is -0.139. The van der Waals surface area contributed by atoms with Gasteiger partial charge in [0.2, 0.25) is 0 Å². The number of anilines is 2. The van der Waals surface area contributed by atoms with Crippen molar-refractivity contribution in [2.45, 2.75) is 25.9 Å². The summed E-state index contributed by atoms with van der Waals surface area (Å²) in [6, 6.07) is 35.2. The molecular weight excluding hydrogens is 527 g/mol. The van der Waals surface area contributed by atoms with Crippen LogP contribution in [0.2, 0.25) is 10.0 Å². The maximum absolute atomic E-state index is 13.9. The van der Waals surface area contributed by atoms with Crippen molar-refractivity contribution in [3.05, 3.63) is 142 Å². The first-order valence-corrected chi connectivity index (χ1v) is 13.8. The molecule has 6 heteroatoms. The van der Waals surface area contributed by atoms with Crippen LogP contribution in [0.25, 0.3) is 0 Å². The van der Waals surface area contributed by atoms with Crippen LogP contribution in [0.15, 0.2) is 120 Å². The van der Waals surface area contributed by atoms with Crippen LogP contribution in [-0.2, 0) is 9.53 Å². The number of benzene rings is 4. The van der Waals surface area contributed by atoms with Gasteiger partial charge in [0.1, 0.15) is 0 Å². The van der Waals surface area contributed by atoms with Gasteiger partial charge in [0.15, 0.2) is 0 Å². The third-order valence-corrected chi connectivity index (χ3v) is 7.57. The number of halogens is 2. The maximum Gasteiger partial charge on any atom is 0.338 e. The van der Waals surface area contributed by atoms with E-state index in [9.17, 15) is 4.79 Å². The van der Waals surface area contributed by atoms with E-state index in [1.54, 1.807) is 0 Å². The molecule has 0 saturated carbocycles. The average Bonchev–Trinajstić information content (AvgIpc) is 2.96. The fraction of sp³-hybridized carbons (Fsp3) is 0.182. The zero-order valence-electron chi connectivity index (χ0n) is 21.9. The predicted molar refractivity (Wildman–Crippen MR) is 160 cm³/mol. The lowest BCUT2D eigenvalue weighted by Crippen LogP contribution is -2.45. The molecule has 198 valence electrons. The summed E-state index contributed by atoms with van der Waals surface area (Å²) in [4.78, 5) is 16.2. The van der Waals surface area contributed by atoms with Crippen molar-refractivity contribution in [2.75, 3.05) is 16.8 Å². The number of ether oxygens (including phenoxy) is 1. The number of rotatable bonds is 7. The second kappa shape index (κ2) is 12.0. The van der Waals surface area contributed by atoms with Gasteiger partial charge >= 0.3 is 5.97 Å². The van der Waals surface area contributed by atoms with Crippen LogP contribution in [0, 0.1) is 5.92 Å². The molecule has 0 aromatic heterocycles. The number of carbonyl (C=O) groups is 1. The lowest BCUT2D eigenvalue weighted by Gasteiger charge is -2.49. The monoisotopic (exact) mass is 556 g/mol. The van der Waals surface area contributed by atoms with Crippen molar-refractivity contribution < 1.29 is 9.53 Å². The topological polar surface area (TPSA) is 41.6 Å². The van der Waals surface area contributed by atoms with Crippen molar-refractivity contribution in [3.63, 3.8) is 0 Å². The quantitative estimate of drug-likeness (QED) is 0.231. The summed E-state index contributed by atoms with van der Waals surface area (Å²) in [5.74, 6) is -0.465. The summed E-state index contributed by atoms with van der Waals surface area (Å²) >= 11 is 12.6. The second-order valence-corrected chi connectivity index (χ2v) is 10.4. The second-order valence-electron chi connectivity index (χ2n) is 9.52. The van der Waals surface area contributed by atoms with Crippen molar-refractivity contribution >= 4 is 40.5 Å². The minimum Gasteiger partial charge on any atom is -0.463 e. The Morgan fingerprint density at radius 1 is 0.795 bits per heavy atom. The summed E-state index contributed by atoms with van der Waals surface area (Å²) in [6.45, 7) is 4.25. The largest absolute Gasteiger partial charge is 0.463 e. The van der Waals surface area contributed by atoms with Gasteiger partial charge in [0, 0.05) is 33.0 Å². The van der Waals surface area contributed by atoms with Crippen molar-refractivity contribution in [1.82, 2.24) is 0 Å². The molecule has 4 aromatic carbocycles. The third kappa shape index (κ3) is 5.68. The van der Waals surface area contributed by atoms with E-state index in [1.165, 1.54) is 0 Å². The first kappa shape index (κ1) is 26.9. The van der Waals surface area contributed by atoms with Crippen molar-refractivity contribution in [3.8, 4) is 0 Å². The summed E-state index contributed by atoms with van der Waals surface area (Å²) in [5, 5.41) is 4.92. The van der Waals surface area contributed by atoms with E-state index in [1.807, 2.05) is 91.9 Å². The van der Waals surface area contributed by atoms with E-state index in [-0.39, 0.29) is 24.5 Å². The van der Waals surface area contributed by atoms with Crippen LogP contribution in [0.5, 0.6) is 0 Å². The highest BCUT2D eigenvalue weighted by Crippen LogP contribution is 2.50. The molecule has 4 aromatic rings. The molecule has 3 atom stereocenters. The number of hydrogen-bond acceptors (Lipinski definition) is 4. The SMILES string of the molecule is CCOC(=O)C1=C(Nc2ccccc2)[C@H](C)[C@@H](c2ccc(Cl)cc2)N(c2ccccc2)[C@@H]1c1ccc(Cl)cc1. The van der Waals surface area contributed by atoms with Gasteiger partial charge < -0.3 is 15.0 Å². The molecule has 0 amide bonds. The van der Waals surface area contributed by atoms with E-state index >= 15 is 0 Å². The number of hydrogen-bond donors (Lipinski definition) is 1. The van der Waals surface area contributed by atoms with Gasteiger partial charge in [-0.05, 0) is 66.6 Å². The van der Waals surface area contributed by atoms with Crippen LogP contribution in [0.3, 0.4) is 0 Å². The Labute approximate surface area is 239 Å². The molecule has 1 N–H and O–H groups in total. The number of carbonyl (C=O) groups excluding carboxylic acids is 1. The van der Waals surface area contributed by atoms with E-state index < -0.39 is 6.04 Å². The minimum atomic E-state index is -0.452. The Bertz CT molecular complexity index is 1440. The van der Waals surface area contributed by atoms with Gasteiger partial charge in [0.25, 0.3) is 0 Å². The fourth-order valence-corrected chi connectivity index (χ4v) is 5.62. The zero-order chi connectivity index (χ0) is 27.4. The molecule has 0 fully saturated rings. The van der Waals surface area contributed by atoms with E-state index in [4.69, 9.17) is 27.9 Å². The standard InChI is InChI=1S/C33H30Cl2N2O2/c1-3-39-33(38)29-30(36-27-10-6-4-7-11-27)22(2)31(23-14-18-25(34)19-15-23)37(28-12-8-5-9-13-28)32(29)24-16-20-26(35)21-17-24/h4-22,31-32,36H,3H2,1-2H3/t22-,31-,32+/m0/s1. The van der Waals surface area contributed by atoms with Gasteiger partial charge in [0.05, 0.1) is 24.3 Å². The number of esters is 1. The summed E-state index contributed by atoms with van der Waals surface area (Å²) in [7, 11) is 0. The molecule has 0 aliphatic carbocycles. The zero-order valence-corrected chi connectivity index (χ0v) is 23.4. The van der Waals surface area contributed by atoms with Crippen LogP contribution < -0.4 is 10.2 Å². The van der Waals surface area contributed by atoms with Gasteiger partial charge in [-0.1, -0.05) is 90.8 Å². The highest BCUT2D eigenvalue weighted by Gasteiger charge is 2.45. The fourth-order valence-electron chi connectivity index (χ4n) is 5.37. The van der Waals surface area contributed by atoms with Gasteiger partial charge in [-0.25, -0.2) is 4.79 Å². The first-order valence-electron chi connectivity index (χ1n) is 13.1. The maximum atomic E-state index is 13.9. The molecule has 0 unspecified atom stereocenters. The van der Waals surface area contributed by atoms with E-state index in [0.717, 1.165) is 28.2 Å². The molecule has 0 bridgehead atoms. The molecule has 0 saturated heterocycles. The predicted octanol–water partition coefficient (Wildman–Crippen LogP) is 8.86. The van der Waals surface area contributed by atoms with E-state index in [0.29, 0.717) is 15.6 Å². The minimum absolute atomic E-state index is 0.116. The van der Waals surface area contributed by atoms with E-state index in [2.05, 4.69) is 41.4 Å². The summed E-state index contributed by atoms with van der Waals surface area (Å²) < 4.78 is 5.71. The van der Waals surface area contributed by atoms with Crippen molar-refractivity contribution in [2.24, 2.45) is 5.92 Å². The average molecular weight is 558 g/mol.